The second-order valence-corrected chi connectivity index (χ2v) is 6.97. The van der Waals surface area contributed by atoms with Crippen LogP contribution in [0.4, 0.5) is 0 Å². The first-order chi connectivity index (χ1) is 8.45. The molecular formula is C11H16BrClN2O3S. The molecule has 1 saturated heterocycles. The summed E-state index contributed by atoms with van der Waals surface area (Å²) in [5.74, 6) is 0.514. The molecule has 0 aliphatic carbocycles. The zero-order valence-electron chi connectivity index (χ0n) is 10.4. The van der Waals surface area contributed by atoms with Crippen LogP contribution in [-0.4, -0.2) is 39.0 Å². The molecule has 2 N–H and O–H groups in total. The first kappa shape index (κ1) is 16.7. The molecule has 1 aliphatic heterocycles. The summed E-state index contributed by atoms with van der Waals surface area (Å²) in [5.41, 5.74) is 5.75. The number of nitrogens with two attached hydrogens (primary N) is 1. The van der Waals surface area contributed by atoms with Crippen LogP contribution in [0.5, 0.6) is 5.75 Å². The van der Waals surface area contributed by atoms with Gasteiger partial charge in [-0.25, -0.2) is 8.42 Å². The van der Waals surface area contributed by atoms with Crippen molar-refractivity contribution in [3.63, 3.8) is 0 Å². The molecular weight excluding hydrogens is 356 g/mol. The maximum atomic E-state index is 12.5. The second kappa shape index (κ2) is 6.41. The molecule has 0 aromatic heterocycles. The fraction of sp³-hybridized carbons (Fsp3) is 0.455. The molecule has 19 heavy (non-hydrogen) atoms. The van der Waals surface area contributed by atoms with Gasteiger partial charge in [0, 0.05) is 29.7 Å². The molecule has 1 fully saturated rings. The lowest BCUT2D eigenvalue weighted by Gasteiger charge is -2.17. The van der Waals surface area contributed by atoms with Crippen molar-refractivity contribution in [3.8, 4) is 5.75 Å². The highest BCUT2D eigenvalue weighted by Crippen LogP contribution is 2.30. The summed E-state index contributed by atoms with van der Waals surface area (Å²) in [6, 6.07) is 4.81. The summed E-state index contributed by atoms with van der Waals surface area (Å²) in [6.07, 6.45) is 0.695. The highest BCUT2D eigenvalue weighted by Gasteiger charge is 2.32. The van der Waals surface area contributed by atoms with Crippen LogP contribution in [0.2, 0.25) is 0 Å². The van der Waals surface area contributed by atoms with Gasteiger partial charge in [0.15, 0.2) is 0 Å². The van der Waals surface area contributed by atoms with Crippen LogP contribution in [0.1, 0.15) is 6.42 Å². The van der Waals surface area contributed by atoms with E-state index < -0.39 is 10.0 Å². The lowest BCUT2D eigenvalue weighted by molar-refractivity contribution is 0.412. The van der Waals surface area contributed by atoms with Gasteiger partial charge in [-0.05, 0) is 34.5 Å². The largest absolute Gasteiger partial charge is 0.497 e. The van der Waals surface area contributed by atoms with Crippen molar-refractivity contribution in [1.82, 2.24) is 4.31 Å². The third-order valence-electron chi connectivity index (χ3n) is 2.94. The topological polar surface area (TPSA) is 72.6 Å². The van der Waals surface area contributed by atoms with Gasteiger partial charge in [-0.15, -0.1) is 12.4 Å². The smallest absolute Gasteiger partial charge is 0.244 e. The van der Waals surface area contributed by atoms with Crippen molar-refractivity contribution in [1.29, 1.82) is 0 Å². The molecule has 0 spiro atoms. The van der Waals surface area contributed by atoms with E-state index in [0.717, 1.165) is 0 Å². The van der Waals surface area contributed by atoms with Gasteiger partial charge in [0.1, 0.15) is 10.6 Å². The normalized spacial score (nSPS) is 20.1. The molecule has 0 radical (unpaired) electrons. The van der Waals surface area contributed by atoms with Crippen molar-refractivity contribution in [2.75, 3.05) is 20.2 Å². The third-order valence-corrected chi connectivity index (χ3v) is 5.80. The monoisotopic (exact) mass is 370 g/mol. The Balaban J connectivity index is 0.00000180. The summed E-state index contributed by atoms with van der Waals surface area (Å²) in [6.45, 7) is 0.832. The molecule has 1 aliphatic rings. The number of rotatable bonds is 3. The highest BCUT2D eigenvalue weighted by molar-refractivity contribution is 9.10. The molecule has 0 saturated carbocycles. The number of ether oxygens (including phenoxy) is 1. The summed E-state index contributed by atoms with van der Waals surface area (Å²) in [5, 5.41) is 0. The minimum absolute atomic E-state index is 0. The van der Waals surface area contributed by atoms with E-state index >= 15 is 0 Å². The standard InChI is InChI=1S/C11H15BrN2O3S.ClH/c1-17-9-2-3-10(12)11(6-9)18(15,16)14-5-4-8(13)7-14;/h2-3,6,8H,4-5,7,13H2,1H3;1H/t8-;/m1./s1. The van der Waals surface area contributed by atoms with E-state index in [1.807, 2.05) is 0 Å². The molecule has 0 bridgehead atoms. The molecule has 1 heterocycles. The number of hydrogen-bond acceptors (Lipinski definition) is 4. The van der Waals surface area contributed by atoms with Crippen molar-refractivity contribution in [2.24, 2.45) is 5.73 Å². The van der Waals surface area contributed by atoms with E-state index in [-0.39, 0.29) is 23.3 Å². The van der Waals surface area contributed by atoms with Crippen molar-refractivity contribution < 1.29 is 13.2 Å². The van der Waals surface area contributed by atoms with E-state index in [2.05, 4.69) is 15.9 Å². The van der Waals surface area contributed by atoms with E-state index in [1.165, 1.54) is 17.5 Å². The second-order valence-electron chi connectivity index (χ2n) is 4.21. The van der Waals surface area contributed by atoms with Gasteiger partial charge >= 0.3 is 0 Å². The van der Waals surface area contributed by atoms with Crippen molar-refractivity contribution >= 4 is 38.4 Å². The molecule has 1 aromatic carbocycles. The van der Waals surface area contributed by atoms with Crippen LogP contribution in [0.15, 0.2) is 27.6 Å². The van der Waals surface area contributed by atoms with Crippen LogP contribution in [0.25, 0.3) is 0 Å². The van der Waals surface area contributed by atoms with E-state index in [4.69, 9.17) is 10.5 Å². The molecule has 0 amide bonds. The van der Waals surface area contributed by atoms with Crippen LogP contribution in [0, 0.1) is 0 Å². The highest BCUT2D eigenvalue weighted by atomic mass is 79.9. The molecule has 1 atom stereocenters. The van der Waals surface area contributed by atoms with Gasteiger partial charge in [-0.1, -0.05) is 0 Å². The number of sulfonamides is 1. The minimum Gasteiger partial charge on any atom is -0.497 e. The summed E-state index contributed by atoms with van der Waals surface area (Å²) >= 11 is 3.27. The van der Waals surface area contributed by atoms with Crippen LogP contribution in [0.3, 0.4) is 0 Å². The van der Waals surface area contributed by atoms with Gasteiger partial charge < -0.3 is 10.5 Å². The first-order valence-corrected chi connectivity index (χ1v) is 7.77. The number of halogens is 2. The Labute approximate surface area is 127 Å². The predicted octanol–water partition coefficient (Wildman–Crippen LogP) is 1.60. The van der Waals surface area contributed by atoms with Crippen molar-refractivity contribution in [3.05, 3.63) is 22.7 Å². The summed E-state index contributed by atoms with van der Waals surface area (Å²) in [4.78, 5) is 0.218. The Kier molecular flexibility index (Phi) is 5.64. The van der Waals surface area contributed by atoms with E-state index in [0.29, 0.717) is 29.7 Å². The zero-order valence-corrected chi connectivity index (χ0v) is 13.6. The number of nitrogens with zero attached hydrogens (tertiary/aromatic N) is 1. The Morgan fingerprint density at radius 3 is 2.68 bits per heavy atom. The van der Waals surface area contributed by atoms with E-state index in [9.17, 15) is 8.42 Å². The van der Waals surface area contributed by atoms with Crippen LogP contribution >= 0.6 is 28.3 Å². The van der Waals surface area contributed by atoms with Crippen molar-refractivity contribution in [2.45, 2.75) is 17.4 Å². The molecule has 0 unspecified atom stereocenters. The van der Waals surface area contributed by atoms with E-state index in [1.54, 1.807) is 12.1 Å². The number of benzene rings is 1. The fourth-order valence-electron chi connectivity index (χ4n) is 1.92. The lowest BCUT2D eigenvalue weighted by atomic mass is 10.3. The Morgan fingerprint density at radius 1 is 1.47 bits per heavy atom. The molecule has 8 heteroatoms. The van der Waals surface area contributed by atoms with Gasteiger partial charge in [0.2, 0.25) is 10.0 Å². The zero-order chi connectivity index (χ0) is 13.3. The predicted molar refractivity (Wildman–Crippen MR) is 79.3 cm³/mol. The third kappa shape index (κ3) is 3.41. The number of methoxy groups -OCH3 is 1. The van der Waals surface area contributed by atoms with Crippen LogP contribution < -0.4 is 10.5 Å². The van der Waals surface area contributed by atoms with Gasteiger partial charge in [-0.2, -0.15) is 4.31 Å². The first-order valence-electron chi connectivity index (χ1n) is 5.54. The summed E-state index contributed by atoms with van der Waals surface area (Å²) in [7, 11) is -2.00. The average molecular weight is 372 g/mol. The Hall–Kier alpha value is -0.340. The maximum Gasteiger partial charge on any atom is 0.244 e. The minimum atomic E-state index is -3.51. The SMILES string of the molecule is COc1ccc(Br)c(S(=O)(=O)N2CC[C@@H](N)C2)c1.Cl. The number of hydrogen-bond donors (Lipinski definition) is 1. The summed E-state index contributed by atoms with van der Waals surface area (Å²) < 4.78 is 31.9. The Morgan fingerprint density at radius 2 is 2.16 bits per heavy atom. The maximum absolute atomic E-state index is 12.5. The van der Waals surface area contributed by atoms with Gasteiger partial charge in [0.05, 0.1) is 7.11 Å². The average Bonchev–Trinajstić information content (AvgIpc) is 2.77. The molecule has 1 aromatic rings. The van der Waals surface area contributed by atoms with Gasteiger partial charge in [-0.3, -0.25) is 0 Å². The van der Waals surface area contributed by atoms with Gasteiger partial charge in [0.25, 0.3) is 0 Å². The van der Waals surface area contributed by atoms with Crippen LogP contribution in [-0.2, 0) is 10.0 Å². The lowest BCUT2D eigenvalue weighted by Crippen LogP contribution is -2.32. The molecule has 5 nitrogen and oxygen atoms in total. The Bertz CT molecular complexity index is 553. The quantitative estimate of drug-likeness (QED) is 0.876. The molecule has 2 rings (SSSR count). The molecule has 108 valence electrons. The fourth-order valence-corrected chi connectivity index (χ4v) is 4.37.